The van der Waals surface area contributed by atoms with E-state index in [4.69, 9.17) is 9.84 Å². The third kappa shape index (κ3) is 3.29. The minimum Gasteiger partial charge on any atom is -0.482 e. The van der Waals surface area contributed by atoms with Crippen LogP contribution in [0.1, 0.15) is 16.7 Å². The maximum Gasteiger partial charge on any atom is 0.341 e. The number of nitrogens with one attached hydrogen (secondary N) is 1. The van der Waals surface area contributed by atoms with Crippen molar-refractivity contribution < 1.29 is 23.1 Å². The Morgan fingerprint density at radius 1 is 1.11 bits per heavy atom. The van der Waals surface area contributed by atoms with Gasteiger partial charge in [0.25, 0.3) is 10.0 Å². The van der Waals surface area contributed by atoms with Gasteiger partial charge >= 0.3 is 5.97 Å². The van der Waals surface area contributed by atoms with Crippen LogP contribution in [-0.2, 0) is 27.7 Å². The van der Waals surface area contributed by atoms with Crippen LogP contribution in [0.4, 0.5) is 5.69 Å². The molecule has 4 rings (SSSR count). The fraction of sp³-hybridized carbons (Fsp3) is 0.190. The van der Waals surface area contributed by atoms with Crippen LogP contribution < -0.4 is 9.46 Å². The van der Waals surface area contributed by atoms with E-state index >= 15 is 0 Å². The molecule has 0 unspecified atom stereocenters. The molecule has 0 aromatic heterocycles. The predicted molar refractivity (Wildman–Crippen MR) is 106 cm³/mol. The molecule has 2 N–H and O–H groups in total. The molecule has 3 aromatic carbocycles. The van der Waals surface area contributed by atoms with Gasteiger partial charge in [0.15, 0.2) is 6.61 Å². The average Bonchev–Trinajstić information content (AvgIpc) is 3.07. The minimum absolute atomic E-state index is 0.0935. The number of aliphatic carboxylic acids is 1. The topological polar surface area (TPSA) is 92.7 Å². The zero-order valence-electron chi connectivity index (χ0n) is 15.2. The molecule has 0 aliphatic heterocycles. The second-order valence-electron chi connectivity index (χ2n) is 6.83. The quantitative estimate of drug-likeness (QED) is 0.664. The average molecular weight is 397 g/mol. The van der Waals surface area contributed by atoms with Gasteiger partial charge in [0.1, 0.15) is 5.75 Å². The van der Waals surface area contributed by atoms with Gasteiger partial charge in [-0.1, -0.05) is 24.3 Å². The fourth-order valence-electron chi connectivity index (χ4n) is 3.63. The predicted octanol–water partition coefficient (Wildman–Crippen LogP) is 3.51. The van der Waals surface area contributed by atoms with Crippen molar-refractivity contribution in [1.82, 2.24) is 0 Å². The summed E-state index contributed by atoms with van der Waals surface area (Å²) in [5, 5.41) is 10.7. The largest absolute Gasteiger partial charge is 0.482 e. The second-order valence-corrected chi connectivity index (χ2v) is 8.51. The Labute approximate surface area is 162 Å². The van der Waals surface area contributed by atoms with Gasteiger partial charge in [0, 0.05) is 5.39 Å². The standard InChI is InChI=1S/C21H19NO5S/c1-13-11-16(8-10-19(13)27-12-20(23)24)28(25,26)22-18-9-7-15-6-5-14-3-2-4-17(18)21(14)15/h2-4,7-11,22H,5-6,12H2,1H3,(H,23,24). The Kier molecular flexibility index (Phi) is 4.47. The van der Waals surface area contributed by atoms with E-state index in [1.54, 1.807) is 6.92 Å². The van der Waals surface area contributed by atoms with Crippen molar-refractivity contribution in [2.75, 3.05) is 11.3 Å². The lowest BCUT2D eigenvalue weighted by molar-refractivity contribution is -0.139. The first kappa shape index (κ1) is 18.3. The molecule has 0 atom stereocenters. The number of aryl methyl sites for hydroxylation is 3. The van der Waals surface area contributed by atoms with Crippen molar-refractivity contribution in [3.8, 4) is 5.75 Å². The maximum absolute atomic E-state index is 12.9. The molecule has 0 heterocycles. The molecule has 3 aromatic rings. The highest BCUT2D eigenvalue weighted by Gasteiger charge is 2.20. The molecular formula is C21H19NO5S. The van der Waals surface area contributed by atoms with E-state index in [0.717, 1.165) is 23.6 Å². The van der Waals surface area contributed by atoms with Crippen molar-refractivity contribution in [2.45, 2.75) is 24.7 Å². The van der Waals surface area contributed by atoms with E-state index in [9.17, 15) is 13.2 Å². The summed E-state index contributed by atoms with van der Waals surface area (Å²) >= 11 is 0. The Balaban J connectivity index is 1.66. The van der Waals surface area contributed by atoms with E-state index in [1.807, 2.05) is 24.3 Å². The Morgan fingerprint density at radius 2 is 1.86 bits per heavy atom. The van der Waals surface area contributed by atoms with Gasteiger partial charge in [-0.2, -0.15) is 0 Å². The third-order valence-electron chi connectivity index (χ3n) is 4.93. The molecular weight excluding hydrogens is 378 g/mol. The number of carboxylic acids is 1. The van der Waals surface area contributed by atoms with E-state index in [-0.39, 0.29) is 4.90 Å². The highest BCUT2D eigenvalue weighted by atomic mass is 32.2. The van der Waals surface area contributed by atoms with Crippen LogP contribution in [0.15, 0.2) is 53.4 Å². The van der Waals surface area contributed by atoms with E-state index in [1.165, 1.54) is 29.3 Å². The molecule has 144 valence electrons. The normalized spacial score (nSPS) is 12.9. The minimum atomic E-state index is -3.80. The molecule has 1 aliphatic carbocycles. The molecule has 7 heteroatoms. The van der Waals surface area contributed by atoms with Crippen LogP contribution in [0.25, 0.3) is 10.8 Å². The van der Waals surface area contributed by atoms with E-state index < -0.39 is 22.6 Å². The van der Waals surface area contributed by atoms with Crippen LogP contribution in [0.2, 0.25) is 0 Å². The molecule has 0 spiro atoms. The maximum atomic E-state index is 12.9. The molecule has 0 saturated carbocycles. The number of sulfonamides is 1. The molecule has 0 amide bonds. The molecule has 0 bridgehead atoms. The summed E-state index contributed by atoms with van der Waals surface area (Å²) in [7, 11) is -3.80. The van der Waals surface area contributed by atoms with Crippen LogP contribution >= 0.6 is 0 Å². The van der Waals surface area contributed by atoms with Crippen molar-refractivity contribution in [3.05, 3.63) is 65.2 Å². The van der Waals surface area contributed by atoms with Crippen molar-refractivity contribution >= 4 is 32.5 Å². The summed E-state index contributed by atoms with van der Waals surface area (Å²) in [4.78, 5) is 10.7. The molecule has 0 saturated heterocycles. The zero-order valence-corrected chi connectivity index (χ0v) is 16.0. The number of ether oxygens (including phenoxy) is 1. The van der Waals surface area contributed by atoms with Gasteiger partial charge in [-0.25, -0.2) is 13.2 Å². The molecule has 28 heavy (non-hydrogen) atoms. The summed E-state index contributed by atoms with van der Waals surface area (Å²) < 4.78 is 33.7. The SMILES string of the molecule is Cc1cc(S(=O)(=O)Nc2ccc3c4c(cccc24)CC3)ccc1OCC(=O)O. The molecule has 0 radical (unpaired) electrons. The number of hydrogen-bond acceptors (Lipinski definition) is 4. The van der Waals surface area contributed by atoms with Gasteiger partial charge in [-0.05, 0) is 66.1 Å². The first-order chi connectivity index (χ1) is 13.3. The summed E-state index contributed by atoms with van der Waals surface area (Å²) in [6, 6.07) is 14.1. The van der Waals surface area contributed by atoms with Crippen LogP contribution in [-0.4, -0.2) is 26.1 Å². The lowest BCUT2D eigenvalue weighted by Gasteiger charge is -2.14. The van der Waals surface area contributed by atoms with Crippen LogP contribution in [0.5, 0.6) is 5.75 Å². The third-order valence-corrected chi connectivity index (χ3v) is 6.29. The summed E-state index contributed by atoms with van der Waals surface area (Å²) in [6.45, 7) is 1.20. The monoisotopic (exact) mass is 397 g/mol. The first-order valence-corrected chi connectivity index (χ1v) is 10.3. The number of benzene rings is 3. The van der Waals surface area contributed by atoms with Gasteiger partial charge in [-0.15, -0.1) is 0 Å². The Bertz CT molecular complexity index is 1190. The first-order valence-electron chi connectivity index (χ1n) is 8.87. The van der Waals surface area contributed by atoms with Crippen molar-refractivity contribution in [3.63, 3.8) is 0 Å². The van der Waals surface area contributed by atoms with Crippen LogP contribution in [0.3, 0.4) is 0 Å². The van der Waals surface area contributed by atoms with Gasteiger partial charge in [0.2, 0.25) is 0 Å². The molecule has 1 aliphatic rings. The summed E-state index contributed by atoms with van der Waals surface area (Å²) in [5.74, 6) is -0.753. The van der Waals surface area contributed by atoms with E-state index in [2.05, 4.69) is 10.8 Å². The zero-order chi connectivity index (χ0) is 19.9. The number of anilines is 1. The smallest absolute Gasteiger partial charge is 0.341 e. The van der Waals surface area contributed by atoms with Crippen molar-refractivity contribution in [2.24, 2.45) is 0 Å². The lowest BCUT2D eigenvalue weighted by atomic mass is 10.0. The highest BCUT2D eigenvalue weighted by Crippen LogP contribution is 2.36. The molecule has 0 fully saturated rings. The van der Waals surface area contributed by atoms with Crippen LogP contribution in [0, 0.1) is 6.92 Å². The van der Waals surface area contributed by atoms with E-state index in [0.29, 0.717) is 17.0 Å². The second kappa shape index (κ2) is 6.83. The number of rotatable bonds is 6. The number of hydrogen-bond donors (Lipinski definition) is 2. The highest BCUT2D eigenvalue weighted by molar-refractivity contribution is 7.92. The Hall–Kier alpha value is -3.06. The summed E-state index contributed by atoms with van der Waals surface area (Å²) in [6.07, 6.45) is 1.94. The summed E-state index contributed by atoms with van der Waals surface area (Å²) in [5.41, 5.74) is 3.57. The van der Waals surface area contributed by atoms with Gasteiger partial charge in [-0.3, -0.25) is 4.72 Å². The van der Waals surface area contributed by atoms with Crippen molar-refractivity contribution in [1.29, 1.82) is 0 Å². The van der Waals surface area contributed by atoms with Gasteiger partial charge < -0.3 is 9.84 Å². The molecule has 6 nitrogen and oxygen atoms in total. The fourth-order valence-corrected chi connectivity index (χ4v) is 4.79. The number of carboxylic acid groups (broad SMARTS) is 1. The van der Waals surface area contributed by atoms with Gasteiger partial charge in [0.05, 0.1) is 10.6 Å². The number of carbonyl (C=O) groups is 1. The lowest BCUT2D eigenvalue weighted by Crippen LogP contribution is -2.14. The Morgan fingerprint density at radius 3 is 2.57 bits per heavy atom.